The maximum Gasteiger partial charge on any atom is 0.326 e. The Morgan fingerprint density at radius 3 is 2.41 bits per heavy atom. The first-order valence-electron chi connectivity index (χ1n) is 12.7. The Kier molecular flexibility index (Phi) is 9.89. The lowest BCUT2D eigenvalue weighted by molar-refractivity contribution is -0.164. The van der Waals surface area contributed by atoms with Crippen LogP contribution in [0.5, 0.6) is 0 Å². The number of hydrogen-bond donors (Lipinski definition) is 3. The van der Waals surface area contributed by atoms with E-state index in [1.807, 2.05) is 30.3 Å². The van der Waals surface area contributed by atoms with Gasteiger partial charge < -0.3 is 20.5 Å². The lowest BCUT2D eigenvalue weighted by Gasteiger charge is -2.50. The van der Waals surface area contributed by atoms with Gasteiger partial charge in [0.1, 0.15) is 12.1 Å². The number of ether oxygens (including phenoxy) is 1. The van der Waals surface area contributed by atoms with Crippen molar-refractivity contribution in [1.29, 1.82) is 0 Å². The number of fused-ring (bicyclic) bond motifs is 3. The summed E-state index contributed by atoms with van der Waals surface area (Å²) in [7, 11) is 0. The molecule has 1 amide bonds. The van der Waals surface area contributed by atoms with Crippen LogP contribution in [0.25, 0.3) is 0 Å². The molecule has 188 valence electrons. The predicted molar refractivity (Wildman–Crippen MR) is 129 cm³/mol. The Balaban J connectivity index is 1.79. The third kappa shape index (κ3) is 6.57. The van der Waals surface area contributed by atoms with Gasteiger partial charge >= 0.3 is 11.9 Å². The van der Waals surface area contributed by atoms with Crippen LogP contribution in [0.15, 0.2) is 30.3 Å². The molecule has 1 saturated carbocycles. The Labute approximate surface area is 202 Å². The number of esters is 1. The molecule has 8 nitrogen and oxygen atoms in total. The normalized spacial score (nSPS) is 23.4. The van der Waals surface area contributed by atoms with Gasteiger partial charge in [-0.3, -0.25) is 14.9 Å². The van der Waals surface area contributed by atoms with Crippen LogP contribution in [0.1, 0.15) is 63.9 Å². The van der Waals surface area contributed by atoms with E-state index >= 15 is 0 Å². The average Bonchev–Trinajstić information content (AvgIpc) is 2.86. The molecule has 1 aliphatic carbocycles. The third-order valence-electron chi connectivity index (χ3n) is 7.17. The zero-order valence-corrected chi connectivity index (χ0v) is 20.2. The number of benzene rings is 1. The first-order chi connectivity index (χ1) is 16.5. The maximum absolute atomic E-state index is 13.8. The van der Waals surface area contributed by atoms with Gasteiger partial charge in [-0.1, -0.05) is 36.8 Å². The largest absolute Gasteiger partial charge is 0.480 e. The van der Waals surface area contributed by atoms with Crippen molar-refractivity contribution in [2.24, 2.45) is 11.7 Å². The highest BCUT2D eigenvalue weighted by Gasteiger charge is 2.49. The van der Waals surface area contributed by atoms with Gasteiger partial charge in [-0.15, -0.1) is 0 Å². The van der Waals surface area contributed by atoms with E-state index < -0.39 is 24.1 Å². The molecule has 2 saturated heterocycles. The molecule has 1 unspecified atom stereocenters. The van der Waals surface area contributed by atoms with Gasteiger partial charge in [0.2, 0.25) is 5.91 Å². The highest BCUT2D eigenvalue weighted by atomic mass is 16.5. The van der Waals surface area contributed by atoms with Crippen LogP contribution < -0.4 is 11.1 Å². The first-order valence-corrected chi connectivity index (χ1v) is 12.7. The number of nitrogens with two attached hydrogens (primary N) is 1. The summed E-state index contributed by atoms with van der Waals surface area (Å²) in [6, 6.07) is 7.73. The van der Waals surface area contributed by atoms with Gasteiger partial charge in [0, 0.05) is 6.04 Å². The third-order valence-corrected chi connectivity index (χ3v) is 7.17. The quantitative estimate of drug-likeness (QED) is 0.297. The Hall–Kier alpha value is -2.45. The van der Waals surface area contributed by atoms with Crippen molar-refractivity contribution in [2.75, 3.05) is 13.2 Å². The van der Waals surface area contributed by atoms with E-state index in [0.29, 0.717) is 32.2 Å². The van der Waals surface area contributed by atoms with Gasteiger partial charge in [0.25, 0.3) is 0 Å². The minimum atomic E-state index is -0.936. The van der Waals surface area contributed by atoms with Crippen molar-refractivity contribution in [3.63, 3.8) is 0 Å². The zero-order chi connectivity index (χ0) is 24.5. The fraction of sp³-hybridized carbons (Fsp3) is 0.654. The van der Waals surface area contributed by atoms with Gasteiger partial charge in [0.05, 0.1) is 12.6 Å². The van der Waals surface area contributed by atoms with E-state index in [2.05, 4.69) is 5.32 Å². The van der Waals surface area contributed by atoms with Crippen LogP contribution in [0, 0.1) is 5.92 Å². The number of rotatable bonds is 13. The van der Waals surface area contributed by atoms with Gasteiger partial charge in [-0.05, 0) is 76.3 Å². The second-order valence-electron chi connectivity index (χ2n) is 9.43. The van der Waals surface area contributed by atoms with Gasteiger partial charge in [0.15, 0.2) is 0 Å². The van der Waals surface area contributed by atoms with Crippen LogP contribution in [0.3, 0.4) is 0 Å². The number of hydrogen-bond acceptors (Lipinski definition) is 6. The zero-order valence-electron chi connectivity index (χ0n) is 20.2. The fourth-order valence-electron chi connectivity index (χ4n) is 5.45. The monoisotopic (exact) mass is 473 g/mol. The molecule has 1 aromatic carbocycles. The summed E-state index contributed by atoms with van der Waals surface area (Å²) in [5.74, 6) is -1.54. The van der Waals surface area contributed by atoms with Crippen molar-refractivity contribution in [3.05, 3.63) is 35.9 Å². The Morgan fingerprint density at radius 2 is 1.79 bits per heavy atom. The highest BCUT2D eigenvalue weighted by Crippen LogP contribution is 2.40. The van der Waals surface area contributed by atoms with E-state index in [0.717, 1.165) is 37.7 Å². The molecule has 0 spiro atoms. The number of amides is 1. The average molecular weight is 474 g/mol. The number of nitrogens with zero attached hydrogens (tertiary/aromatic N) is 1. The molecule has 2 heterocycles. The fourth-order valence-corrected chi connectivity index (χ4v) is 5.45. The number of carboxylic acids is 1. The molecule has 2 bridgehead atoms. The lowest BCUT2D eigenvalue weighted by Crippen LogP contribution is -2.64. The number of nitrogens with one attached hydrogen (secondary N) is 1. The van der Waals surface area contributed by atoms with E-state index in [9.17, 15) is 19.5 Å². The second kappa shape index (κ2) is 12.9. The molecule has 3 fully saturated rings. The number of carboxylic acid groups (broad SMARTS) is 1. The van der Waals surface area contributed by atoms with Crippen LogP contribution in [0.4, 0.5) is 0 Å². The molecule has 4 rings (SSSR count). The molecule has 1 aromatic rings. The van der Waals surface area contributed by atoms with Crippen LogP contribution in [-0.2, 0) is 25.5 Å². The van der Waals surface area contributed by atoms with Crippen molar-refractivity contribution < 1.29 is 24.2 Å². The molecule has 0 aromatic heterocycles. The number of aryl methyl sites for hydroxylation is 1. The maximum atomic E-state index is 13.8. The SMILES string of the molecule is CCOC(=O)[C@H](CCc1ccccc1)NC(CCCCN)C(=O)N1C2CCC(CC2)[C@H]1C(=O)O. The minimum Gasteiger partial charge on any atom is -0.480 e. The molecule has 34 heavy (non-hydrogen) atoms. The highest BCUT2D eigenvalue weighted by molar-refractivity contribution is 5.88. The number of piperidine rings is 2. The molecular formula is C26H39N3O5. The van der Waals surface area contributed by atoms with Crippen LogP contribution in [0.2, 0.25) is 0 Å². The summed E-state index contributed by atoms with van der Waals surface area (Å²) >= 11 is 0. The summed E-state index contributed by atoms with van der Waals surface area (Å²) < 4.78 is 5.31. The van der Waals surface area contributed by atoms with Gasteiger partial charge in [-0.25, -0.2) is 4.79 Å². The summed E-state index contributed by atoms with van der Waals surface area (Å²) in [6.07, 6.45) is 6.48. The minimum absolute atomic E-state index is 0.00456. The van der Waals surface area contributed by atoms with Crippen molar-refractivity contribution in [1.82, 2.24) is 10.2 Å². The van der Waals surface area contributed by atoms with E-state index in [1.54, 1.807) is 11.8 Å². The summed E-state index contributed by atoms with van der Waals surface area (Å²) in [4.78, 5) is 40.3. The summed E-state index contributed by atoms with van der Waals surface area (Å²) in [5, 5.41) is 13.2. The van der Waals surface area contributed by atoms with E-state index in [-0.39, 0.29) is 30.4 Å². The topological polar surface area (TPSA) is 122 Å². The number of carbonyl (C=O) groups is 3. The van der Waals surface area contributed by atoms with E-state index in [1.165, 1.54) is 0 Å². The number of carbonyl (C=O) groups excluding carboxylic acids is 2. The smallest absolute Gasteiger partial charge is 0.326 e. The number of unbranched alkanes of at least 4 members (excludes halogenated alkanes) is 1. The molecule has 8 heteroatoms. The Morgan fingerprint density at radius 1 is 1.09 bits per heavy atom. The standard InChI is InChI=1S/C26H39N3O5/c1-2-34-26(33)22(16-11-18-8-4-3-5-9-18)28-21(10-6-7-17-27)24(30)29-20-14-12-19(13-15-20)23(29)25(31)32/h3-5,8-9,19-23,28H,2,6-7,10-17,27H2,1H3,(H,31,32)/t19?,20?,21?,22-,23-/m0/s1. The van der Waals surface area contributed by atoms with Crippen LogP contribution in [-0.4, -0.2) is 65.2 Å². The predicted octanol–water partition coefficient (Wildman–Crippen LogP) is 2.49. The van der Waals surface area contributed by atoms with Crippen molar-refractivity contribution in [2.45, 2.75) is 88.9 Å². The Bertz CT molecular complexity index is 810. The van der Waals surface area contributed by atoms with Crippen molar-refractivity contribution >= 4 is 17.8 Å². The summed E-state index contributed by atoms with van der Waals surface area (Å²) in [6.45, 7) is 2.53. The molecular weight excluding hydrogens is 434 g/mol. The molecule has 2 aliphatic heterocycles. The second-order valence-corrected chi connectivity index (χ2v) is 9.43. The molecule has 3 atom stereocenters. The molecule has 3 aliphatic rings. The lowest BCUT2D eigenvalue weighted by atomic mass is 9.74. The van der Waals surface area contributed by atoms with Gasteiger partial charge in [-0.2, -0.15) is 0 Å². The molecule has 0 radical (unpaired) electrons. The van der Waals surface area contributed by atoms with Crippen molar-refractivity contribution in [3.8, 4) is 0 Å². The molecule has 4 N–H and O–H groups in total. The summed E-state index contributed by atoms with van der Waals surface area (Å²) in [5.41, 5.74) is 6.78. The first kappa shape index (κ1) is 26.2. The van der Waals surface area contributed by atoms with E-state index in [4.69, 9.17) is 10.5 Å². The number of aliphatic carboxylic acids is 1. The van der Waals surface area contributed by atoms with Crippen LogP contribution >= 0.6 is 0 Å².